The van der Waals surface area contributed by atoms with E-state index in [1.807, 2.05) is 20.8 Å². The van der Waals surface area contributed by atoms with Crippen molar-refractivity contribution in [3.8, 4) is 5.88 Å². The number of rotatable bonds is 1. The van der Waals surface area contributed by atoms with E-state index in [2.05, 4.69) is 15.0 Å². The van der Waals surface area contributed by atoms with E-state index < -0.39 is 0 Å². The summed E-state index contributed by atoms with van der Waals surface area (Å²) in [6.07, 6.45) is 0. The zero-order valence-electron chi connectivity index (χ0n) is 10.4. The third-order valence-electron chi connectivity index (χ3n) is 2.45. The Kier molecular flexibility index (Phi) is 2.61. The lowest BCUT2D eigenvalue weighted by Crippen LogP contribution is -2.26. The fourth-order valence-corrected chi connectivity index (χ4v) is 1.58. The molecule has 0 spiro atoms. The summed E-state index contributed by atoms with van der Waals surface area (Å²) in [4.78, 5) is 23.1. The molecule has 5 heteroatoms. The molecule has 0 aliphatic carbocycles. The highest BCUT2D eigenvalue weighted by Gasteiger charge is 2.20. The summed E-state index contributed by atoms with van der Waals surface area (Å²) >= 11 is 0. The minimum absolute atomic E-state index is 0.203. The number of ether oxygens (including phenoxy) is 1. The lowest BCUT2D eigenvalue weighted by molar-refractivity contribution is 0.399. The third kappa shape index (κ3) is 2.13. The summed E-state index contributed by atoms with van der Waals surface area (Å²) in [6, 6.07) is 3.51. The fourth-order valence-electron chi connectivity index (χ4n) is 1.58. The van der Waals surface area contributed by atoms with Crippen molar-refractivity contribution in [2.45, 2.75) is 26.2 Å². The van der Waals surface area contributed by atoms with Gasteiger partial charge in [0.2, 0.25) is 5.88 Å². The van der Waals surface area contributed by atoms with Crippen LogP contribution in [0.5, 0.6) is 5.88 Å². The minimum atomic E-state index is -0.290. The molecule has 0 aliphatic heterocycles. The van der Waals surface area contributed by atoms with E-state index in [-0.39, 0.29) is 11.0 Å². The summed E-state index contributed by atoms with van der Waals surface area (Å²) in [7, 11) is 1.53. The van der Waals surface area contributed by atoms with Crippen LogP contribution in [0.4, 0.5) is 0 Å². The molecule has 5 nitrogen and oxygen atoms in total. The molecule has 0 bridgehead atoms. The van der Waals surface area contributed by atoms with Gasteiger partial charge in [0.05, 0.1) is 7.11 Å². The van der Waals surface area contributed by atoms with Gasteiger partial charge in [-0.2, -0.15) is 4.98 Å². The van der Waals surface area contributed by atoms with Crippen LogP contribution >= 0.6 is 0 Å². The lowest BCUT2D eigenvalue weighted by atomic mass is 9.92. The molecule has 0 aliphatic rings. The molecular weight excluding hydrogens is 218 g/mol. The Hall–Kier alpha value is -1.91. The maximum absolute atomic E-state index is 11.9. The van der Waals surface area contributed by atoms with Gasteiger partial charge in [0, 0.05) is 11.5 Å². The Balaban J connectivity index is 2.71. The highest BCUT2D eigenvalue weighted by Crippen LogP contribution is 2.18. The van der Waals surface area contributed by atoms with Crippen molar-refractivity contribution >= 4 is 11.2 Å². The van der Waals surface area contributed by atoms with Crippen LogP contribution in [-0.2, 0) is 5.41 Å². The molecule has 1 N–H and O–H groups in total. The molecule has 17 heavy (non-hydrogen) atoms. The van der Waals surface area contributed by atoms with Gasteiger partial charge in [0.1, 0.15) is 11.2 Å². The van der Waals surface area contributed by atoms with E-state index >= 15 is 0 Å². The van der Waals surface area contributed by atoms with Crippen molar-refractivity contribution in [1.82, 2.24) is 15.0 Å². The van der Waals surface area contributed by atoms with Gasteiger partial charge in [0.25, 0.3) is 5.56 Å². The Labute approximate surface area is 98.9 Å². The molecule has 0 fully saturated rings. The average molecular weight is 233 g/mol. The van der Waals surface area contributed by atoms with Gasteiger partial charge in [-0.3, -0.25) is 4.79 Å². The van der Waals surface area contributed by atoms with Crippen molar-refractivity contribution in [2.24, 2.45) is 0 Å². The van der Waals surface area contributed by atoms with Crippen molar-refractivity contribution in [2.75, 3.05) is 7.11 Å². The normalized spacial score (nSPS) is 11.8. The zero-order chi connectivity index (χ0) is 12.6. The van der Waals surface area contributed by atoms with Crippen LogP contribution in [0, 0.1) is 0 Å². The van der Waals surface area contributed by atoms with Gasteiger partial charge in [-0.15, -0.1) is 0 Å². The summed E-state index contributed by atoms with van der Waals surface area (Å²) in [5, 5.41) is 0. The molecule has 0 radical (unpaired) electrons. The van der Waals surface area contributed by atoms with E-state index in [1.54, 1.807) is 12.1 Å². The first-order valence-corrected chi connectivity index (χ1v) is 5.37. The van der Waals surface area contributed by atoms with Crippen molar-refractivity contribution in [3.05, 3.63) is 28.2 Å². The third-order valence-corrected chi connectivity index (χ3v) is 2.45. The smallest absolute Gasteiger partial charge is 0.271 e. The first-order chi connectivity index (χ1) is 7.91. The number of nitrogens with one attached hydrogen (secondary N) is 1. The van der Waals surface area contributed by atoms with Crippen molar-refractivity contribution in [3.63, 3.8) is 0 Å². The van der Waals surface area contributed by atoms with E-state index in [4.69, 9.17) is 4.74 Å². The molecular formula is C12H15N3O2. The summed E-state index contributed by atoms with van der Waals surface area (Å²) in [5.41, 5.74) is 1.13. The van der Waals surface area contributed by atoms with Gasteiger partial charge in [0.15, 0.2) is 5.65 Å². The van der Waals surface area contributed by atoms with Crippen LogP contribution in [0.3, 0.4) is 0 Å². The van der Waals surface area contributed by atoms with E-state index in [0.29, 0.717) is 22.7 Å². The molecule has 0 aromatic carbocycles. The Morgan fingerprint density at radius 1 is 1.24 bits per heavy atom. The monoisotopic (exact) mass is 233 g/mol. The molecule has 0 atom stereocenters. The van der Waals surface area contributed by atoms with Gasteiger partial charge in [-0.1, -0.05) is 20.8 Å². The Morgan fingerprint density at radius 3 is 2.53 bits per heavy atom. The first-order valence-electron chi connectivity index (χ1n) is 5.37. The Morgan fingerprint density at radius 2 is 1.94 bits per heavy atom. The number of methoxy groups -OCH3 is 1. The molecule has 2 heterocycles. The number of nitrogens with zero attached hydrogens (tertiary/aromatic N) is 2. The maximum atomic E-state index is 11.9. The fraction of sp³-hybridized carbons (Fsp3) is 0.417. The second-order valence-corrected chi connectivity index (χ2v) is 4.89. The van der Waals surface area contributed by atoms with Crippen LogP contribution in [0.15, 0.2) is 16.9 Å². The summed E-state index contributed by atoms with van der Waals surface area (Å²) in [6.45, 7) is 5.86. The number of hydrogen-bond acceptors (Lipinski definition) is 4. The van der Waals surface area contributed by atoms with Crippen LogP contribution in [0.1, 0.15) is 26.5 Å². The second kappa shape index (κ2) is 3.84. The SMILES string of the molecule is COc1ccc2nc(C(C)(C)C)c(=O)[nH]c2n1. The maximum Gasteiger partial charge on any atom is 0.271 e. The lowest BCUT2D eigenvalue weighted by Gasteiger charge is -2.16. The molecule has 2 aromatic heterocycles. The van der Waals surface area contributed by atoms with Gasteiger partial charge in [-0.25, -0.2) is 4.98 Å². The van der Waals surface area contributed by atoms with Crippen LogP contribution in [-0.4, -0.2) is 22.1 Å². The van der Waals surface area contributed by atoms with Crippen molar-refractivity contribution < 1.29 is 4.74 Å². The number of fused-ring (bicyclic) bond motifs is 1. The van der Waals surface area contributed by atoms with Crippen LogP contribution < -0.4 is 10.3 Å². The largest absolute Gasteiger partial charge is 0.481 e. The van der Waals surface area contributed by atoms with Gasteiger partial charge < -0.3 is 9.72 Å². The summed E-state index contributed by atoms with van der Waals surface area (Å²) in [5.74, 6) is 0.457. The molecule has 2 rings (SSSR count). The summed E-state index contributed by atoms with van der Waals surface area (Å²) < 4.78 is 5.00. The van der Waals surface area contributed by atoms with Crippen LogP contribution in [0.25, 0.3) is 11.2 Å². The van der Waals surface area contributed by atoms with E-state index in [9.17, 15) is 4.79 Å². The number of pyridine rings is 1. The zero-order valence-corrected chi connectivity index (χ0v) is 10.4. The second-order valence-electron chi connectivity index (χ2n) is 4.89. The van der Waals surface area contributed by atoms with Crippen LogP contribution in [0.2, 0.25) is 0 Å². The van der Waals surface area contributed by atoms with E-state index in [0.717, 1.165) is 0 Å². The average Bonchev–Trinajstić information content (AvgIpc) is 2.25. The molecule has 90 valence electrons. The number of hydrogen-bond donors (Lipinski definition) is 1. The number of aromatic nitrogens is 3. The van der Waals surface area contributed by atoms with Crippen molar-refractivity contribution in [1.29, 1.82) is 0 Å². The van der Waals surface area contributed by atoms with Gasteiger partial charge >= 0.3 is 0 Å². The first kappa shape index (κ1) is 11.6. The highest BCUT2D eigenvalue weighted by atomic mass is 16.5. The highest BCUT2D eigenvalue weighted by molar-refractivity contribution is 5.70. The molecule has 0 saturated heterocycles. The minimum Gasteiger partial charge on any atom is -0.481 e. The molecule has 0 saturated carbocycles. The molecule has 0 unspecified atom stereocenters. The number of H-pyrrole nitrogens is 1. The standard InChI is InChI=1S/C12H15N3O2/c1-12(2,3)9-11(16)15-10-7(13-9)5-6-8(14-10)17-4/h5-6H,1-4H3,(H,14,15,16). The molecule has 2 aromatic rings. The molecule has 0 amide bonds. The van der Waals surface area contributed by atoms with Gasteiger partial charge in [-0.05, 0) is 6.07 Å². The number of aromatic amines is 1. The predicted octanol–water partition coefficient (Wildman–Crippen LogP) is 1.62. The van der Waals surface area contributed by atoms with E-state index in [1.165, 1.54) is 7.11 Å². The predicted molar refractivity (Wildman–Crippen MR) is 65.4 cm³/mol. The quantitative estimate of drug-likeness (QED) is 0.812. The Bertz CT molecular complexity index is 611. The topological polar surface area (TPSA) is 67.9 Å².